The summed E-state index contributed by atoms with van der Waals surface area (Å²) in [5.41, 5.74) is 8.74. The van der Waals surface area contributed by atoms with Crippen molar-refractivity contribution in [1.82, 2.24) is 0 Å². The summed E-state index contributed by atoms with van der Waals surface area (Å²) >= 11 is 5.97. The van der Waals surface area contributed by atoms with Gasteiger partial charge in [-0.05, 0) is 38.5 Å². The smallest absolute Gasteiger partial charge is 0.0603 e. The molecule has 0 saturated heterocycles. The number of hydrogen-bond donors (Lipinski definition) is 1. The van der Waals surface area contributed by atoms with Gasteiger partial charge in [-0.15, -0.1) is 0 Å². The fourth-order valence-electron chi connectivity index (χ4n) is 1.27. The van der Waals surface area contributed by atoms with E-state index in [-0.39, 0.29) is 0 Å². The number of hydrogen-bond acceptors (Lipinski definition) is 2. The third kappa shape index (κ3) is 2.13. The first-order valence-electron chi connectivity index (χ1n) is 4.72. The van der Waals surface area contributed by atoms with Crippen LogP contribution in [0.1, 0.15) is 19.4 Å². The molecule has 0 unspecified atom stereocenters. The van der Waals surface area contributed by atoms with Crippen molar-refractivity contribution in [3.8, 4) is 0 Å². The van der Waals surface area contributed by atoms with E-state index in [1.165, 1.54) is 0 Å². The lowest BCUT2D eigenvalue weighted by Gasteiger charge is -2.25. The molecule has 0 radical (unpaired) electrons. The minimum atomic E-state index is 0.429. The second kappa shape index (κ2) is 4.09. The van der Waals surface area contributed by atoms with Gasteiger partial charge in [0.05, 0.1) is 11.4 Å². The number of anilines is 2. The van der Waals surface area contributed by atoms with Crippen molar-refractivity contribution in [2.75, 3.05) is 17.7 Å². The van der Waals surface area contributed by atoms with Gasteiger partial charge in [0.15, 0.2) is 0 Å². The summed E-state index contributed by atoms with van der Waals surface area (Å²) in [5, 5.41) is 0.725. The first-order chi connectivity index (χ1) is 6.43. The van der Waals surface area contributed by atoms with Crippen LogP contribution < -0.4 is 10.6 Å². The number of benzene rings is 1. The van der Waals surface area contributed by atoms with E-state index < -0.39 is 0 Å². The molecule has 1 aromatic carbocycles. The van der Waals surface area contributed by atoms with E-state index >= 15 is 0 Å². The average Bonchev–Trinajstić information content (AvgIpc) is 2.10. The van der Waals surface area contributed by atoms with Crippen molar-refractivity contribution in [2.24, 2.45) is 0 Å². The van der Waals surface area contributed by atoms with Crippen molar-refractivity contribution in [2.45, 2.75) is 26.8 Å². The van der Waals surface area contributed by atoms with Crippen LogP contribution in [0.4, 0.5) is 11.4 Å². The molecule has 0 atom stereocenters. The quantitative estimate of drug-likeness (QED) is 0.764. The van der Waals surface area contributed by atoms with Crippen LogP contribution in [-0.2, 0) is 0 Å². The Morgan fingerprint density at radius 1 is 1.36 bits per heavy atom. The Hall–Kier alpha value is -0.890. The predicted octanol–water partition coefficient (Wildman–Crippen LogP) is 3.08. The molecule has 14 heavy (non-hydrogen) atoms. The lowest BCUT2D eigenvalue weighted by Crippen LogP contribution is -2.26. The van der Waals surface area contributed by atoms with Gasteiger partial charge in [0, 0.05) is 18.1 Å². The third-order valence-electron chi connectivity index (χ3n) is 2.46. The summed E-state index contributed by atoms with van der Waals surface area (Å²) in [6.45, 7) is 6.24. The summed E-state index contributed by atoms with van der Waals surface area (Å²) in [5.74, 6) is 0. The van der Waals surface area contributed by atoms with Gasteiger partial charge in [0.25, 0.3) is 0 Å². The summed E-state index contributed by atoms with van der Waals surface area (Å²) in [6, 6.07) is 4.26. The van der Waals surface area contributed by atoms with Crippen LogP contribution >= 0.6 is 11.6 Å². The highest BCUT2D eigenvalue weighted by Crippen LogP contribution is 2.29. The molecule has 2 N–H and O–H groups in total. The standard InChI is InChI=1S/C11H17ClN2/c1-7(2)14(4)11-5-8(3)9(12)6-10(11)13/h5-7H,13H2,1-4H3. The van der Waals surface area contributed by atoms with E-state index in [0.29, 0.717) is 6.04 Å². The van der Waals surface area contributed by atoms with Crippen LogP contribution in [-0.4, -0.2) is 13.1 Å². The van der Waals surface area contributed by atoms with Crippen molar-refractivity contribution < 1.29 is 0 Å². The molecule has 0 bridgehead atoms. The highest BCUT2D eigenvalue weighted by Gasteiger charge is 2.10. The molecule has 0 spiro atoms. The maximum Gasteiger partial charge on any atom is 0.0603 e. The molecule has 0 heterocycles. The summed E-state index contributed by atoms with van der Waals surface area (Å²) in [7, 11) is 2.03. The fraction of sp³-hybridized carbons (Fsp3) is 0.455. The molecular formula is C11H17ClN2. The lowest BCUT2D eigenvalue weighted by atomic mass is 10.1. The van der Waals surface area contributed by atoms with Gasteiger partial charge < -0.3 is 10.6 Å². The zero-order valence-corrected chi connectivity index (χ0v) is 9.89. The van der Waals surface area contributed by atoms with Crippen LogP contribution in [0.15, 0.2) is 12.1 Å². The molecule has 0 aromatic heterocycles. The van der Waals surface area contributed by atoms with E-state index in [1.54, 1.807) is 0 Å². The zero-order chi connectivity index (χ0) is 10.9. The third-order valence-corrected chi connectivity index (χ3v) is 2.87. The molecule has 78 valence electrons. The minimum Gasteiger partial charge on any atom is -0.397 e. The normalized spacial score (nSPS) is 10.7. The molecule has 3 heteroatoms. The molecule has 0 aliphatic heterocycles. The molecule has 0 aliphatic carbocycles. The molecule has 0 fully saturated rings. The second-order valence-corrected chi connectivity index (χ2v) is 4.27. The Morgan fingerprint density at radius 3 is 2.43 bits per heavy atom. The van der Waals surface area contributed by atoms with Gasteiger partial charge in [-0.1, -0.05) is 11.6 Å². The SMILES string of the molecule is Cc1cc(N(C)C(C)C)c(N)cc1Cl. The van der Waals surface area contributed by atoms with Crippen LogP contribution in [0, 0.1) is 6.92 Å². The predicted molar refractivity (Wildman–Crippen MR) is 64.1 cm³/mol. The molecule has 0 saturated carbocycles. The summed E-state index contributed by atoms with van der Waals surface area (Å²) < 4.78 is 0. The topological polar surface area (TPSA) is 29.3 Å². The number of halogens is 1. The van der Waals surface area contributed by atoms with E-state index in [2.05, 4.69) is 18.7 Å². The van der Waals surface area contributed by atoms with E-state index in [4.69, 9.17) is 17.3 Å². The molecule has 1 aromatic rings. The van der Waals surface area contributed by atoms with Crippen molar-refractivity contribution in [1.29, 1.82) is 0 Å². The van der Waals surface area contributed by atoms with Crippen LogP contribution in [0.25, 0.3) is 0 Å². The van der Waals surface area contributed by atoms with Gasteiger partial charge in [-0.2, -0.15) is 0 Å². The molecule has 0 aliphatic rings. The fourth-order valence-corrected chi connectivity index (χ4v) is 1.44. The van der Waals surface area contributed by atoms with Gasteiger partial charge in [0.2, 0.25) is 0 Å². The van der Waals surface area contributed by atoms with E-state index in [9.17, 15) is 0 Å². The first-order valence-corrected chi connectivity index (χ1v) is 5.09. The number of aryl methyl sites for hydroxylation is 1. The Morgan fingerprint density at radius 2 is 1.93 bits per heavy atom. The molecule has 0 amide bonds. The van der Waals surface area contributed by atoms with Crippen molar-refractivity contribution in [3.05, 3.63) is 22.7 Å². The van der Waals surface area contributed by atoms with Gasteiger partial charge in [0.1, 0.15) is 0 Å². The number of rotatable bonds is 2. The molecule has 1 rings (SSSR count). The second-order valence-electron chi connectivity index (χ2n) is 3.86. The highest BCUT2D eigenvalue weighted by atomic mass is 35.5. The van der Waals surface area contributed by atoms with Crippen molar-refractivity contribution in [3.63, 3.8) is 0 Å². The molecular weight excluding hydrogens is 196 g/mol. The van der Waals surface area contributed by atoms with Crippen LogP contribution in [0.3, 0.4) is 0 Å². The highest BCUT2D eigenvalue weighted by molar-refractivity contribution is 6.31. The Balaban J connectivity index is 3.15. The monoisotopic (exact) mass is 212 g/mol. The molecule has 2 nitrogen and oxygen atoms in total. The largest absolute Gasteiger partial charge is 0.397 e. The minimum absolute atomic E-state index is 0.429. The van der Waals surface area contributed by atoms with Crippen LogP contribution in [0.5, 0.6) is 0 Å². The first kappa shape index (κ1) is 11.2. The average molecular weight is 213 g/mol. The van der Waals surface area contributed by atoms with E-state index in [1.807, 2.05) is 26.1 Å². The Labute approximate surface area is 90.7 Å². The summed E-state index contributed by atoms with van der Waals surface area (Å²) in [4.78, 5) is 2.14. The van der Waals surface area contributed by atoms with Gasteiger partial charge >= 0.3 is 0 Å². The lowest BCUT2D eigenvalue weighted by molar-refractivity contribution is 0.755. The van der Waals surface area contributed by atoms with Gasteiger partial charge in [-0.3, -0.25) is 0 Å². The van der Waals surface area contributed by atoms with Crippen LogP contribution in [0.2, 0.25) is 5.02 Å². The van der Waals surface area contributed by atoms with Gasteiger partial charge in [-0.25, -0.2) is 0 Å². The number of nitrogens with zero attached hydrogens (tertiary/aromatic N) is 1. The maximum absolute atomic E-state index is 5.97. The number of nitrogen functional groups attached to an aromatic ring is 1. The maximum atomic E-state index is 5.97. The summed E-state index contributed by atoms with van der Waals surface area (Å²) in [6.07, 6.45) is 0. The van der Waals surface area contributed by atoms with E-state index in [0.717, 1.165) is 22.0 Å². The zero-order valence-electron chi connectivity index (χ0n) is 9.13. The Kier molecular flexibility index (Phi) is 3.27. The van der Waals surface area contributed by atoms with Crippen molar-refractivity contribution >= 4 is 23.0 Å². The number of nitrogens with two attached hydrogens (primary N) is 1. The Bertz CT molecular complexity index is 334.